The topological polar surface area (TPSA) is 61.4 Å². The lowest BCUT2D eigenvalue weighted by Crippen LogP contribution is -2.18. The molecule has 4 rings (SSSR count). The summed E-state index contributed by atoms with van der Waals surface area (Å²) in [7, 11) is 0. The largest absolute Gasteiger partial charge is 0.370 e. The lowest BCUT2D eigenvalue weighted by molar-refractivity contribution is 0.101. The smallest absolute Gasteiger partial charge is 0.255 e. The maximum absolute atomic E-state index is 12.8. The Kier molecular flexibility index (Phi) is 6.89. The van der Waals surface area contributed by atoms with Crippen LogP contribution >= 0.6 is 34.8 Å². The third kappa shape index (κ3) is 5.18. The van der Waals surface area contributed by atoms with Crippen LogP contribution in [0, 0.1) is 0 Å². The highest BCUT2D eigenvalue weighted by Gasteiger charge is 2.17. The third-order valence-corrected chi connectivity index (χ3v) is 6.08. The molecule has 2 amide bonds. The van der Waals surface area contributed by atoms with Gasteiger partial charge in [0.05, 0.1) is 21.4 Å². The molecular weight excluding hydrogens is 469 g/mol. The fraction of sp³-hybridized carbons (Fsp3) is 0.167. The van der Waals surface area contributed by atoms with Gasteiger partial charge in [-0.3, -0.25) is 9.59 Å². The molecule has 0 aromatic heterocycles. The minimum absolute atomic E-state index is 0.311. The van der Waals surface area contributed by atoms with E-state index in [4.69, 9.17) is 34.8 Å². The summed E-state index contributed by atoms with van der Waals surface area (Å²) in [6.07, 6.45) is 2.29. The number of rotatable bonds is 5. The quantitative estimate of drug-likeness (QED) is 0.417. The summed E-state index contributed by atoms with van der Waals surface area (Å²) in [6.45, 7) is 1.94. The Labute approximate surface area is 201 Å². The molecule has 0 atom stereocenters. The van der Waals surface area contributed by atoms with Crippen LogP contribution in [-0.2, 0) is 0 Å². The zero-order valence-corrected chi connectivity index (χ0v) is 19.3. The molecule has 32 heavy (non-hydrogen) atoms. The number of nitrogens with zero attached hydrogens (tertiary/aromatic N) is 1. The van der Waals surface area contributed by atoms with Crippen molar-refractivity contribution in [2.45, 2.75) is 12.8 Å². The van der Waals surface area contributed by atoms with Crippen molar-refractivity contribution in [3.05, 3.63) is 86.9 Å². The van der Waals surface area contributed by atoms with Gasteiger partial charge in [-0.2, -0.15) is 0 Å². The summed E-state index contributed by atoms with van der Waals surface area (Å²) in [5.41, 5.74) is 2.64. The van der Waals surface area contributed by atoms with Gasteiger partial charge < -0.3 is 15.5 Å². The molecule has 3 aromatic carbocycles. The van der Waals surface area contributed by atoms with Crippen LogP contribution < -0.4 is 15.5 Å². The average molecular weight is 489 g/mol. The number of hydrogen-bond acceptors (Lipinski definition) is 3. The Balaban J connectivity index is 1.48. The third-order valence-electron chi connectivity index (χ3n) is 5.22. The zero-order chi connectivity index (χ0) is 22.7. The van der Waals surface area contributed by atoms with Gasteiger partial charge in [-0.15, -0.1) is 0 Å². The van der Waals surface area contributed by atoms with E-state index in [-0.39, 0.29) is 11.8 Å². The van der Waals surface area contributed by atoms with Crippen LogP contribution in [0.25, 0.3) is 0 Å². The SMILES string of the molecule is O=C(Nc1ccc(Cl)c(NC(=O)c2cccc(Cl)c2)c1)c1ccc(N2CCCC2)c(Cl)c1. The van der Waals surface area contributed by atoms with Gasteiger partial charge in [0, 0.05) is 34.9 Å². The number of anilines is 3. The number of amides is 2. The molecule has 0 aliphatic carbocycles. The van der Waals surface area contributed by atoms with Crippen molar-refractivity contribution >= 4 is 63.7 Å². The molecular formula is C24H20Cl3N3O2. The molecule has 1 aliphatic heterocycles. The van der Waals surface area contributed by atoms with Gasteiger partial charge in [0.2, 0.25) is 0 Å². The lowest BCUT2D eigenvalue weighted by Gasteiger charge is -2.19. The molecule has 2 N–H and O–H groups in total. The lowest BCUT2D eigenvalue weighted by atomic mass is 10.1. The first kappa shape index (κ1) is 22.5. The summed E-state index contributed by atoms with van der Waals surface area (Å²) in [6, 6.07) is 16.8. The number of nitrogens with one attached hydrogen (secondary N) is 2. The first-order valence-corrected chi connectivity index (χ1v) is 11.3. The number of hydrogen-bond donors (Lipinski definition) is 2. The van der Waals surface area contributed by atoms with Crippen LogP contribution in [0.2, 0.25) is 15.1 Å². The predicted molar refractivity (Wildman–Crippen MR) is 132 cm³/mol. The molecule has 164 valence electrons. The van der Waals surface area contributed by atoms with Crippen molar-refractivity contribution in [3.8, 4) is 0 Å². The van der Waals surface area contributed by atoms with Gasteiger partial charge in [0.15, 0.2) is 0 Å². The van der Waals surface area contributed by atoms with Crippen molar-refractivity contribution < 1.29 is 9.59 Å². The molecule has 0 bridgehead atoms. The fourth-order valence-corrected chi connectivity index (χ4v) is 4.24. The maximum Gasteiger partial charge on any atom is 0.255 e. The second kappa shape index (κ2) is 9.82. The van der Waals surface area contributed by atoms with Gasteiger partial charge in [-0.05, 0) is 67.4 Å². The Morgan fingerprint density at radius 2 is 1.47 bits per heavy atom. The summed E-state index contributed by atoms with van der Waals surface area (Å²) >= 11 is 18.6. The van der Waals surface area contributed by atoms with Crippen molar-refractivity contribution in [2.24, 2.45) is 0 Å². The van der Waals surface area contributed by atoms with Gasteiger partial charge in [-0.25, -0.2) is 0 Å². The molecule has 0 spiro atoms. The van der Waals surface area contributed by atoms with Crippen LogP contribution in [0.4, 0.5) is 17.1 Å². The van der Waals surface area contributed by atoms with Gasteiger partial charge in [0.25, 0.3) is 11.8 Å². The van der Waals surface area contributed by atoms with Gasteiger partial charge >= 0.3 is 0 Å². The van der Waals surface area contributed by atoms with Crippen LogP contribution in [0.1, 0.15) is 33.6 Å². The molecule has 5 nitrogen and oxygen atoms in total. The van der Waals surface area contributed by atoms with E-state index in [1.807, 2.05) is 6.07 Å². The number of carbonyl (C=O) groups is 2. The monoisotopic (exact) mass is 487 g/mol. The Bertz CT molecular complexity index is 1180. The second-order valence-electron chi connectivity index (χ2n) is 7.47. The van der Waals surface area contributed by atoms with Gasteiger partial charge in [0.1, 0.15) is 0 Å². The molecule has 3 aromatic rings. The Morgan fingerprint density at radius 1 is 0.750 bits per heavy atom. The van der Waals surface area contributed by atoms with E-state index in [0.717, 1.165) is 31.6 Å². The number of halogens is 3. The van der Waals surface area contributed by atoms with Crippen molar-refractivity contribution in [1.29, 1.82) is 0 Å². The van der Waals surface area contributed by atoms with E-state index in [1.165, 1.54) is 0 Å². The minimum Gasteiger partial charge on any atom is -0.370 e. The van der Waals surface area contributed by atoms with Crippen molar-refractivity contribution in [2.75, 3.05) is 28.6 Å². The summed E-state index contributed by atoms with van der Waals surface area (Å²) < 4.78 is 0. The van der Waals surface area contributed by atoms with E-state index in [0.29, 0.717) is 37.6 Å². The first-order chi connectivity index (χ1) is 15.4. The fourth-order valence-electron chi connectivity index (χ4n) is 3.59. The summed E-state index contributed by atoms with van der Waals surface area (Å²) in [5, 5.41) is 6.92. The van der Waals surface area contributed by atoms with Crippen LogP contribution in [0.5, 0.6) is 0 Å². The highest BCUT2D eigenvalue weighted by molar-refractivity contribution is 6.34. The molecule has 1 aliphatic rings. The second-order valence-corrected chi connectivity index (χ2v) is 8.72. The van der Waals surface area contributed by atoms with E-state index in [2.05, 4.69) is 15.5 Å². The van der Waals surface area contributed by atoms with Crippen LogP contribution in [0.3, 0.4) is 0 Å². The molecule has 0 radical (unpaired) electrons. The first-order valence-electron chi connectivity index (χ1n) is 10.1. The molecule has 0 unspecified atom stereocenters. The predicted octanol–water partition coefficient (Wildman–Crippen LogP) is 6.75. The Hall–Kier alpha value is -2.73. The van der Waals surface area contributed by atoms with E-state index >= 15 is 0 Å². The van der Waals surface area contributed by atoms with E-state index in [1.54, 1.807) is 54.6 Å². The summed E-state index contributed by atoms with van der Waals surface area (Å²) in [5.74, 6) is -0.670. The van der Waals surface area contributed by atoms with Crippen LogP contribution in [0.15, 0.2) is 60.7 Å². The molecule has 8 heteroatoms. The maximum atomic E-state index is 12.8. The van der Waals surface area contributed by atoms with Crippen molar-refractivity contribution in [3.63, 3.8) is 0 Å². The zero-order valence-electron chi connectivity index (χ0n) is 17.0. The average Bonchev–Trinajstić information content (AvgIpc) is 3.30. The standard InChI is InChI=1S/C24H20Cl3N3O2/c25-17-5-3-4-15(12-17)24(32)29-21-14-18(7-8-19(21)26)28-23(31)16-6-9-22(20(27)13-16)30-10-1-2-11-30/h3-9,12-14H,1-2,10-11H2,(H,28,31)(H,29,32). The normalized spacial score (nSPS) is 13.2. The van der Waals surface area contributed by atoms with E-state index in [9.17, 15) is 9.59 Å². The minimum atomic E-state index is -0.359. The van der Waals surface area contributed by atoms with E-state index < -0.39 is 0 Å². The molecule has 1 fully saturated rings. The molecule has 1 saturated heterocycles. The number of benzene rings is 3. The van der Waals surface area contributed by atoms with Crippen molar-refractivity contribution in [1.82, 2.24) is 0 Å². The van der Waals surface area contributed by atoms with Crippen LogP contribution in [-0.4, -0.2) is 24.9 Å². The van der Waals surface area contributed by atoms with Gasteiger partial charge in [-0.1, -0.05) is 40.9 Å². The molecule has 1 heterocycles. The summed E-state index contributed by atoms with van der Waals surface area (Å²) in [4.78, 5) is 27.5. The Morgan fingerprint density at radius 3 is 2.19 bits per heavy atom. The number of carbonyl (C=O) groups excluding carboxylic acids is 2. The molecule has 0 saturated carbocycles. The highest BCUT2D eigenvalue weighted by Crippen LogP contribution is 2.30. The highest BCUT2D eigenvalue weighted by atomic mass is 35.5.